The lowest BCUT2D eigenvalue weighted by Gasteiger charge is -2.10. The summed E-state index contributed by atoms with van der Waals surface area (Å²) in [7, 11) is 0. The van der Waals surface area contributed by atoms with Crippen molar-refractivity contribution in [1.29, 1.82) is 0 Å². The van der Waals surface area contributed by atoms with Gasteiger partial charge in [0.15, 0.2) is 0 Å². The van der Waals surface area contributed by atoms with Crippen molar-refractivity contribution in [2.45, 2.75) is 13.5 Å². The van der Waals surface area contributed by atoms with Crippen molar-refractivity contribution in [2.75, 3.05) is 0 Å². The molecule has 3 heteroatoms. The van der Waals surface area contributed by atoms with Crippen LogP contribution in [-0.4, -0.2) is 5.12 Å². The molecule has 0 fully saturated rings. The highest BCUT2D eigenvalue weighted by atomic mass is 32.1. The highest BCUT2D eigenvalue weighted by molar-refractivity contribution is 7.97. The Hall–Kier alpha value is -1.74. The van der Waals surface area contributed by atoms with Gasteiger partial charge in [0.2, 0.25) is 5.12 Å². The lowest BCUT2D eigenvalue weighted by atomic mass is 10.1. The highest BCUT2D eigenvalue weighted by Crippen LogP contribution is 2.22. The first kappa shape index (κ1) is 12.7. The van der Waals surface area contributed by atoms with Crippen molar-refractivity contribution in [1.82, 2.24) is 0 Å². The molecule has 0 heterocycles. The van der Waals surface area contributed by atoms with Crippen LogP contribution in [0.25, 0.3) is 0 Å². The SMILES string of the molecule is Cc1ccc(OCc2ccccc2)c(C(=O)S)c1. The van der Waals surface area contributed by atoms with E-state index in [4.69, 9.17) is 4.74 Å². The van der Waals surface area contributed by atoms with E-state index >= 15 is 0 Å². The van der Waals surface area contributed by atoms with Crippen LogP contribution in [0.5, 0.6) is 5.75 Å². The summed E-state index contributed by atoms with van der Waals surface area (Å²) in [6.45, 7) is 2.37. The summed E-state index contributed by atoms with van der Waals surface area (Å²) < 4.78 is 5.67. The number of hydrogen-bond acceptors (Lipinski definition) is 2. The molecule has 2 aromatic rings. The van der Waals surface area contributed by atoms with Crippen LogP contribution in [0.1, 0.15) is 21.5 Å². The van der Waals surface area contributed by atoms with Gasteiger partial charge >= 0.3 is 0 Å². The first-order valence-electron chi connectivity index (χ1n) is 5.67. The van der Waals surface area contributed by atoms with Gasteiger partial charge in [-0.15, -0.1) is 12.6 Å². The highest BCUT2D eigenvalue weighted by Gasteiger charge is 2.09. The van der Waals surface area contributed by atoms with Gasteiger partial charge in [0.25, 0.3) is 0 Å². The van der Waals surface area contributed by atoms with Crippen molar-refractivity contribution < 1.29 is 9.53 Å². The average molecular weight is 258 g/mol. The molecule has 0 radical (unpaired) electrons. The van der Waals surface area contributed by atoms with Gasteiger partial charge < -0.3 is 4.74 Å². The van der Waals surface area contributed by atoms with Gasteiger partial charge in [0, 0.05) is 0 Å². The molecular weight excluding hydrogens is 244 g/mol. The first-order chi connectivity index (χ1) is 8.66. The molecule has 0 amide bonds. The molecule has 18 heavy (non-hydrogen) atoms. The number of aryl methyl sites for hydroxylation is 1. The monoisotopic (exact) mass is 258 g/mol. The van der Waals surface area contributed by atoms with Crippen molar-refractivity contribution in [3.05, 3.63) is 65.2 Å². The number of carbonyl (C=O) groups excluding carboxylic acids is 1. The number of rotatable bonds is 4. The summed E-state index contributed by atoms with van der Waals surface area (Å²) in [6, 6.07) is 15.3. The third-order valence-electron chi connectivity index (χ3n) is 2.60. The van der Waals surface area contributed by atoms with E-state index in [-0.39, 0.29) is 5.12 Å². The molecule has 0 spiro atoms. The summed E-state index contributed by atoms with van der Waals surface area (Å²) in [5, 5.41) is -0.276. The van der Waals surface area contributed by atoms with Crippen LogP contribution in [0, 0.1) is 6.92 Å². The van der Waals surface area contributed by atoms with Gasteiger partial charge in [0.05, 0.1) is 5.56 Å². The van der Waals surface area contributed by atoms with Crippen LogP contribution in [0.4, 0.5) is 0 Å². The second kappa shape index (κ2) is 5.74. The Labute approximate surface area is 112 Å². The van der Waals surface area contributed by atoms with Crippen LogP contribution in [0.15, 0.2) is 48.5 Å². The molecule has 0 aromatic heterocycles. The summed E-state index contributed by atoms with van der Waals surface area (Å²) in [5.41, 5.74) is 2.59. The summed E-state index contributed by atoms with van der Waals surface area (Å²) in [5.74, 6) is 0.574. The van der Waals surface area contributed by atoms with E-state index in [1.165, 1.54) is 0 Å². The number of benzene rings is 2. The second-order valence-electron chi connectivity index (χ2n) is 4.08. The molecule has 0 N–H and O–H groups in total. The van der Waals surface area contributed by atoms with Crippen molar-refractivity contribution in [3.8, 4) is 5.75 Å². The van der Waals surface area contributed by atoms with Gasteiger partial charge in [-0.1, -0.05) is 42.0 Å². The fourth-order valence-corrected chi connectivity index (χ4v) is 1.85. The quantitative estimate of drug-likeness (QED) is 0.847. The minimum Gasteiger partial charge on any atom is -0.488 e. The Morgan fingerprint density at radius 1 is 1.17 bits per heavy atom. The Morgan fingerprint density at radius 3 is 2.56 bits per heavy atom. The zero-order chi connectivity index (χ0) is 13.0. The minimum atomic E-state index is -0.276. The Morgan fingerprint density at radius 2 is 1.89 bits per heavy atom. The Bertz CT molecular complexity index is 550. The fourth-order valence-electron chi connectivity index (χ4n) is 1.67. The molecule has 0 saturated carbocycles. The van der Waals surface area contributed by atoms with Crippen LogP contribution in [0.3, 0.4) is 0 Å². The molecule has 2 aromatic carbocycles. The van der Waals surface area contributed by atoms with E-state index in [0.717, 1.165) is 11.1 Å². The molecule has 92 valence electrons. The van der Waals surface area contributed by atoms with Gasteiger partial charge in [-0.3, -0.25) is 4.79 Å². The molecule has 2 rings (SSSR count). The number of ether oxygens (including phenoxy) is 1. The van der Waals surface area contributed by atoms with Crippen LogP contribution in [-0.2, 0) is 6.61 Å². The maximum atomic E-state index is 11.4. The van der Waals surface area contributed by atoms with E-state index in [2.05, 4.69) is 12.6 Å². The second-order valence-corrected chi connectivity index (χ2v) is 4.49. The van der Waals surface area contributed by atoms with Gasteiger partial charge in [0.1, 0.15) is 12.4 Å². The third kappa shape index (κ3) is 3.14. The summed E-state index contributed by atoms with van der Waals surface area (Å²) >= 11 is 3.87. The molecule has 2 nitrogen and oxygen atoms in total. The van der Waals surface area contributed by atoms with E-state index in [1.54, 1.807) is 6.07 Å². The molecule has 0 aliphatic rings. The predicted molar refractivity (Wildman–Crippen MR) is 75.3 cm³/mol. The zero-order valence-electron chi connectivity index (χ0n) is 10.1. The van der Waals surface area contributed by atoms with Crippen LogP contribution in [0.2, 0.25) is 0 Å². The van der Waals surface area contributed by atoms with Crippen LogP contribution < -0.4 is 4.74 Å². The zero-order valence-corrected chi connectivity index (χ0v) is 11.0. The molecule has 0 bridgehead atoms. The summed E-state index contributed by atoms with van der Waals surface area (Å²) in [4.78, 5) is 11.4. The lowest BCUT2D eigenvalue weighted by Crippen LogP contribution is -2.00. The molecule has 0 aliphatic heterocycles. The van der Waals surface area contributed by atoms with E-state index in [0.29, 0.717) is 17.9 Å². The third-order valence-corrected chi connectivity index (χ3v) is 2.84. The summed E-state index contributed by atoms with van der Waals surface area (Å²) in [6.07, 6.45) is 0. The van der Waals surface area contributed by atoms with Gasteiger partial charge in [-0.2, -0.15) is 0 Å². The average Bonchev–Trinajstić information content (AvgIpc) is 2.38. The maximum absolute atomic E-state index is 11.4. The standard InChI is InChI=1S/C15H14O2S/c1-11-7-8-14(13(9-11)15(16)18)17-10-12-5-3-2-4-6-12/h2-9H,10H2,1H3,(H,16,18). The Kier molecular flexibility index (Phi) is 4.05. The van der Waals surface area contributed by atoms with Crippen molar-refractivity contribution >= 4 is 17.7 Å². The largest absolute Gasteiger partial charge is 0.488 e. The number of thiol groups is 1. The first-order valence-corrected chi connectivity index (χ1v) is 6.12. The lowest BCUT2D eigenvalue weighted by molar-refractivity contribution is 0.108. The number of hydrogen-bond donors (Lipinski definition) is 1. The Balaban J connectivity index is 2.17. The van der Waals surface area contributed by atoms with Crippen molar-refractivity contribution in [3.63, 3.8) is 0 Å². The minimum absolute atomic E-state index is 0.276. The molecule has 0 aliphatic carbocycles. The maximum Gasteiger partial charge on any atom is 0.220 e. The normalized spacial score (nSPS) is 10.1. The van der Waals surface area contributed by atoms with Gasteiger partial charge in [-0.25, -0.2) is 0 Å². The number of carbonyl (C=O) groups is 1. The van der Waals surface area contributed by atoms with E-state index < -0.39 is 0 Å². The molecule has 0 atom stereocenters. The van der Waals surface area contributed by atoms with Gasteiger partial charge in [-0.05, 0) is 24.6 Å². The predicted octanol–water partition coefficient (Wildman–Crippen LogP) is 3.64. The van der Waals surface area contributed by atoms with E-state index in [1.807, 2.05) is 49.4 Å². The fraction of sp³-hybridized carbons (Fsp3) is 0.133. The van der Waals surface area contributed by atoms with Crippen LogP contribution >= 0.6 is 12.6 Å². The topological polar surface area (TPSA) is 26.3 Å². The molecule has 0 unspecified atom stereocenters. The molecular formula is C15H14O2S. The molecule has 0 saturated heterocycles. The van der Waals surface area contributed by atoms with E-state index in [9.17, 15) is 4.79 Å². The van der Waals surface area contributed by atoms with Crippen molar-refractivity contribution in [2.24, 2.45) is 0 Å². The smallest absolute Gasteiger partial charge is 0.220 e.